The van der Waals surface area contributed by atoms with Crippen molar-refractivity contribution in [3.63, 3.8) is 0 Å². The van der Waals surface area contributed by atoms with Crippen molar-refractivity contribution < 1.29 is 9.53 Å². The van der Waals surface area contributed by atoms with E-state index in [1.807, 2.05) is 44.8 Å². The number of anilines is 1. The van der Waals surface area contributed by atoms with E-state index in [0.717, 1.165) is 23.6 Å². The van der Waals surface area contributed by atoms with Gasteiger partial charge in [-0.25, -0.2) is 0 Å². The zero-order chi connectivity index (χ0) is 18.0. The van der Waals surface area contributed by atoms with Crippen molar-refractivity contribution in [3.05, 3.63) is 29.8 Å². The van der Waals surface area contributed by atoms with Crippen molar-refractivity contribution in [1.82, 2.24) is 24.5 Å². The average molecular weight is 346 g/mol. The molecule has 3 heterocycles. The second-order valence-corrected chi connectivity index (χ2v) is 6.55. The molecule has 0 saturated carbocycles. The summed E-state index contributed by atoms with van der Waals surface area (Å²) in [4.78, 5) is 14.9. The highest BCUT2D eigenvalue weighted by Gasteiger charge is 2.29. The molecule has 1 N–H and O–H groups in total. The van der Waals surface area contributed by atoms with E-state index in [2.05, 4.69) is 20.4 Å². The summed E-state index contributed by atoms with van der Waals surface area (Å²) >= 11 is 0. The number of nitrogens with zero attached hydrogens (tertiary/aromatic N) is 5. The van der Waals surface area contributed by atoms with Gasteiger partial charge in [-0.3, -0.25) is 19.1 Å². The molecule has 1 aliphatic rings. The molecule has 0 aromatic carbocycles. The smallest absolute Gasteiger partial charge is 0.241 e. The third kappa shape index (κ3) is 3.91. The number of ether oxygens (including phenoxy) is 1. The van der Waals surface area contributed by atoms with Crippen molar-refractivity contribution in [2.45, 2.75) is 39.5 Å². The topological polar surface area (TPSA) is 77.2 Å². The van der Waals surface area contributed by atoms with E-state index < -0.39 is 0 Å². The molecule has 0 bridgehead atoms. The number of hydrogen-bond acceptors (Lipinski definition) is 5. The van der Waals surface area contributed by atoms with Gasteiger partial charge < -0.3 is 10.1 Å². The second-order valence-electron chi connectivity index (χ2n) is 6.55. The minimum Gasteiger partial charge on any atom is -0.374 e. The first kappa shape index (κ1) is 17.6. The predicted molar refractivity (Wildman–Crippen MR) is 94.3 cm³/mol. The van der Waals surface area contributed by atoms with Crippen LogP contribution in [0.25, 0.3) is 0 Å². The Morgan fingerprint density at radius 3 is 2.92 bits per heavy atom. The fourth-order valence-corrected chi connectivity index (χ4v) is 3.17. The fourth-order valence-electron chi connectivity index (χ4n) is 3.17. The third-order valence-electron chi connectivity index (χ3n) is 4.80. The van der Waals surface area contributed by atoms with Gasteiger partial charge in [0.25, 0.3) is 0 Å². The normalized spacial score (nSPS) is 19.8. The summed E-state index contributed by atoms with van der Waals surface area (Å²) in [7, 11) is 1.88. The molecule has 25 heavy (non-hydrogen) atoms. The summed E-state index contributed by atoms with van der Waals surface area (Å²) in [6.07, 6.45) is 3.72. The zero-order valence-electron chi connectivity index (χ0n) is 15.3. The maximum atomic E-state index is 12.7. The first-order valence-electron chi connectivity index (χ1n) is 8.60. The lowest BCUT2D eigenvalue weighted by atomic mass is 10.2. The zero-order valence-corrected chi connectivity index (χ0v) is 15.3. The Morgan fingerprint density at radius 2 is 2.28 bits per heavy atom. The van der Waals surface area contributed by atoms with Gasteiger partial charge in [0.2, 0.25) is 5.91 Å². The van der Waals surface area contributed by atoms with Crippen LogP contribution in [0.1, 0.15) is 18.3 Å². The number of hydrogen-bond donors (Lipinski definition) is 1. The molecule has 2 aromatic heterocycles. The summed E-state index contributed by atoms with van der Waals surface area (Å²) in [6.45, 7) is 8.56. The Balaban J connectivity index is 1.61. The van der Waals surface area contributed by atoms with E-state index in [4.69, 9.17) is 4.74 Å². The van der Waals surface area contributed by atoms with E-state index in [9.17, 15) is 4.79 Å². The third-order valence-corrected chi connectivity index (χ3v) is 4.80. The molecule has 2 atom stereocenters. The van der Waals surface area contributed by atoms with Gasteiger partial charge in [-0.05, 0) is 26.8 Å². The molecule has 0 unspecified atom stereocenters. The van der Waals surface area contributed by atoms with Crippen LogP contribution in [0.2, 0.25) is 0 Å². The molecule has 1 amide bonds. The van der Waals surface area contributed by atoms with Crippen molar-refractivity contribution >= 4 is 11.6 Å². The molecule has 1 saturated heterocycles. The first-order chi connectivity index (χ1) is 12.0. The van der Waals surface area contributed by atoms with Crippen LogP contribution in [0.4, 0.5) is 5.69 Å². The van der Waals surface area contributed by atoms with Crippen LogP contribution >= 0.6 is 0 Å². The number of aromatic nitrogens is 4. The molecule has 1 fully saturated rings. The maximum absolute atomic E-state index is 12.7. The lowest BCUT2D eigenvalue weighted by molar-refractivity contribution is -0.124. The Kier molecular flexibility index (Phi) is 5.19. The van der Waals surface area contributed by atoms with Crippen LogP contribution in [-0.4, -0.2) is 62.2 Å². The van der Waals surface area contributed by atoms with Crippen LogP contribution in [0.5, 0.6) is 0 Å². The number of rotatable bonds is 5. The molecule has 3 rings (SSSR count). The fraction of sp³-hybridized carbons (Fsp3) is 0.588. The highest BCUT2D eigenvalue weighted by atomic mass is 16.5. The number of aryl methyl sites for hydroxylation is 2. The SMILES string of the molecule is Cc1nn(C)c(C)c1NC(=O)[C@@H](C)N1CCO[C@H](Cn2cccn2)C1. The van der Waals surface area contributed by atoms with Crippen molar-refractivity contribution in [2.24, 2.45) is 7.05 Å². The molecule has 1 aliphatic heterocycles. The summed E-state index contributed by atoms with van der Waals surface area (Å²) < 4.78 is 9.47. The van der Waals surface area contributed by atoms with Crippen molar-refractivity contribution in [3.8, 4) is 0 Å². The van der Waals surface area contributed by atoms with Gasteiger partial charge in [-0.2, -0.15) is 10.2 Å². The van der Waals surface area contributed by atoms with Gasteiger partial charge in [0, 0.05) is 32.5 Å². The van der Waals surface area contributed by atoms with Gasteiger partial charge in [0.15, 0.2) is 0 Å². The number of nitrogens with one attached hydrogen (secondary N) is 1. The minimum atomic E-state index is -0.233. The Labute approximate surface area is 147 Å². The Bertz CT molecular complexity index is 724. The van der Waals surface area contributed by atoms with Crippen molar-refractivity contribution in [1.29, 1.82) is 0 Å². The summed E-state index contributed by atoms with van der Waals surface area (Å²) in [6, 6.07) is 1.66. The number of carbonyl (C=O) groups excluding carboxylic acids is 1. The first-order valence-corrected chi connectivity index (χ1v) is 8.60. The van der Waals surface area contributed by atoms with Crippen LogP contribution in [0.15, 0.2) is 18.5 Å². The quantitative estimate of drug-likeness (QED) is 0.873. The lowest BCUT2D eigenvalue weighted by Crippen LogP contribution is -2.51. The standard InChI is InChI=1S/C17H26N6O2/c1-12-16(13(2)21(4)20-12)19-17(24)14(3)22-8-9-25-15(10-22)11-23-7-5-6-18-23/h5-7,14-15H,8-11H2,1-4H3,(H,19,24)/t14-,15+/m1/s1. The summed E-state index contributed by atoms with van der Waals surface area (Å²) in [5.41, 5.74) is 2.59. The minimum absolute atomic E-state index is 0.0149. The van der Waals surface area contributed by atoms with E-state index >= 15 is 0 Å². The van der Waals surface area contributed by atoms with Crippen LogP contribution in [0, 0.1) is 13.8 Å². The number of carbonyl (C=O) groups is 1. The van der Waals surface area contributed by atoms with Gasteiger partial charge in [0.05, 0.1) is 42.4 Å². The monoisotopic (exact) mass is 346 g/mol. The van der Waals surface area contributed by atoms with Crippen LogP contribution in [-0.2, 0) is 23.1 Å². The molecular formula is C17H26N6O2. The maximum Gasteiger partial charge on any atom is 0.241 e. The number of morpholine rings is 1. The average Bonchev–Trinajstić information content (AvgIpc) is 3.18. The molecular weight excluding hydrogens is 320 g/mol. The molecule has 0 spiro atoms. The van der Waals surface area contributed by atoms with Gasteiger partial charge in [0.1, 0.15) is 0 Å². The lowest BCUT2D eigenvalue weighted by Gasteiger charge is -2.36. The second kappa shape index (κ2) is 7.37. The van der Waals surface area contributed by atoms with Crippen LogP contribution in [0.3, 0.4) is 0 Å². The molecule has 0 aliphatic carbocycles. The van der Waals surface area contributed by atoms with Gasteiger partial charge >= 0.3 is 0 Å². The van der Waals surface area contributed by atoms with Crippen molar-refractivity contribution in [2.75, 3.05) is 25.0 Å². The van der Waals surface area contributed by atoms with Gasteiger partial charge in [-0.1, -0.05) is 0 Å². The van der Waals surface area contributed by atoms with E-state index in [-0.39, 0.29) is 18.1 Å². The molecule has 0 radical (unpaired) electrons. The van der Waals surface area contributed by atoms with Crippen LogP contribution < -0.4 is 5.32 Å². The molecule has 136 valence electrons. The molecule has 2 aromatic rings. The number of amides is 1. The highest BCUT2D eigenvalue weighted by Crippen LogP contribution is 2.19. The summed E-state index contributed by atoms with van der Waals surface area (Å²) in [5.74, 6) is -0.0149. The largest absolute Gasteiger partial charge is 0.374 e. The summed E-state index contributed by atoms with van der Waals surface area (Å²) in [5, 5.41) is 11.6. The molecule has 8 heteroatoms. The van der Waals surface area contributed by atoms with E-state index in [1.165, 1.54) is 0 Å². The van der Waals surface area contributed by atoms with Gasteiger partial charge in [-0.15, -0.1) is 0 Å². The van der Waals surface area contributed by atoms with E-state index in [1.54, 1.807) is 10.9 Å². The Morgan fingerprint density at radius 1 is 1.48 bits per heavy atom. The predicted octanol–water partition coefficient (Wildman–Crippen LogP) is 0.961. The highest BCUT2D eigenvalue weighted by molar-refractivity contribution is 5.95. The Hall–Kier alpha value is -2.19. The van der Waals surface area contributed by atoms with E-state index in [0.29, 0.717) is 19.7 Å². The molecule has 8 nitrogen and oxygen atoms in total.